The Morgan fingerprint density at radius 2 is 1.77 bits per heavy atom. The second-order valence-corrected chi connectivity index (χ2v) is 7.70. The van der Waals surface area contributed by atoms with Gasteiger partial charge >= 0.3 is 0 Å². The van der Waals surface area contributed by atoms with E-state index in [1.54, 1.807) is 18.2 Å². The van der Waals surface area contributed by atoms with Crippen molar-refractivity contribution in [1.29, 1.82) is 0 Å². The highest BCUT2D eigenvalue weighted by molar-refractivity contribution is 14.1. The normalized spacial score (nSPS) is 11.3. The van der Waals surface area contributed by atoms with Crippen LogP contribution < -0.4 is 10.6 Å². The van der Waals surface area contributed by atoms with E-state index in [9.17, 15) is 17.8 Å². The average Bonchev–Trinajstić information content (AvgIpc) is 2.63. The van der Waals surface area contributed by atoms with Gasteiger partial charge in [-0.05, 0) is 35.7 Å². The van der Waals surface area contributed by atoms with Crippen LogP contribution in [0.1, 0.15) is 0 Å². The zero-order chi connectivity index (χ0) is 18.7. The van der Waals surface area contributed by atoms with Crippen LogP contribution in [0.2, 0.25) is 0 Å². The number of fused-ring (bicyclic) bond motifs is 1. The van der Waals surface area contributed by atoms with Crippen molar-refractivity contribution >= 4 is 66.5 Å². The Hall–Kier alpha value is -2.17. The molecular formula is C18H15IN2O4S. The minimum Gasteiger partial charge on any atom is -0.353 e. The van der Waals surface area contributed by atoms with Gasteiger partial charge in [0.1, 0.15) is 0 Å². The molecule has 0 spiro atoms. The molecule has 0 atom stereocenters. The first kappa shape index (κ1) is 18.6. The second-order valence-electron chi connectivity index (χ2n) is 5.52. The van der Waals surface area contributed by atoms with Crippen LogP contribution in [0.3, 0.4) is 0 Å². The molecule has 0 radical (unpaired) electrons. The minimum absolute atomic E-state index is 0.143. The van der Waals surface area contributed by atoms with Gasteiger partial charge < -0.3 is 10.6 Å². The number of hydrogen-bond donors (Lipinski definition) is 3. The third kappa shape index (κ3) is 4.14. The lowest BCUT2D eigenvalue weighted by Gasteiger charge is -2.16. The van der Waals surface area contributed by atoms with E-state index in [2.05, 4.69) is 10.6 Å². The fraction of sp³-hybridized carbons (Fsp3) is 0.0556. The molecular weight excluding hydrogens is 467 g/mol. The van der Waals surface area contributed by atoms with Crippen LogP contribution in [0.15, 0.2) is 65.6 Å². The van der Waals surface area contributed by atoms with Gasteiger partial charge in [-0.1, -0.05) is 52.9 Å². The zero-order valence-electron chi connectivity index (χ0n) is 13.4. The van der Waals surface area contributed by atoms with E-state index in [0.717, 1.165) is 5.69 Å². The lowest BCUT2D eigenvalue weighted by Crippen LogP contribution is -2.13. The van der Waals surface area contributed by atoms with Gasteiger partial charge in [0.25, 0.3) is 10.1 Å². The SMILES string of the molecule is O=C(CI)Nc1ccc2cc(S(=O)(=O)O)ccc2c1Nc1ccccc1. The van der Waals surface area contributed by atoms with Crippen LogP contribution in [0.4, 0.5) is 17.1 Å². The molecule has 3 aromatic carbocycles. The summed E-state index contributed by atoms with van der Waals surface area (Å²) in [5, 5.41) is 7.45. The molecule has 0 aromatic heterocycles. The van der Waals surface area contributed by atoms with E-state index in [-0.39, 0.29) is 10.8 Å². The van der Waals surface area contributed by atoms with Gasteiger partial charge in [0.15, 0.2) is 0 Å². The number of hydrogen-bond acceptors (Lipinski definition) is 4. The molecule has 0 aliphatic carbocycles. The highest BCUT2D eigenvalue weighted by Gasteiger charge is 2.14. The van der Waals surface area contributed by atoms with Gasteiger partial charge in [-0.25, -0.2) is 0 Å². The molecule has 8 heteroatoms. The summed E-state index contributed by atoms with van der Waals surface area (Å²) in [6.07, 6.45) is 0. The Morgan fingerprint density at radius 1 is 1.04 bits per heavy atom. The molecule has 134 valence electrons. The number of halogens is 1. The molecule has 0 saturated carbocycles. The topological polar surface area (TPSA) is 95.5 Å². The Bertz CT molecular complexity index is 1070. The van der Waals surface area contributed by atoms with Crippen molar-refractivity contribution < 1.29 is 17.8 Å². The summed E-state index contributed by atoms with van der Waals surface area (Å²) in [6, 6.07) is 17.1. The van der Waals surface area contributed by atoms with Crippen LogP contribution >= 0.6 is 22.6 Å². The summed E-state index contributed by atoms with van der Waals surface area (Å²) < 4.78 is 32.3. The van der Waals surface area contributed by atoms with Gasteiger partial charge in [-0.2, -0.15) is 8.42 Å². The number of carbonyl (C=O) groups excluding carboxylic acids is 1. The number of benzene rings is 3. The van der Waals surface area contributed by atoms with Crippen molar-refractivity contribution in [3.05, 3.63) is 60.7 Å². The number of alkyl halides is 1. The van der Waals surface area contributed by atoms with Gasteiger partial charge in [0.2, 0.25) is 5.91 Å². The lowest BCUT2D eigenvalue weighted by molar-refractivity contribution is -0.113. The maximum absolute atomic E-state index is 11.8. The molecule has 0 heterocycles. The van der Waals surface area contributed by atoms with Crippen LogP contribution in [-0.2, 0) is 14.9 Å². The fourth-order valence-electron chi connectivity index (χ4n) is 2.56. The van der Waals surface area contributed by atoms with E-state index in [1.165, 1.54) is 12.1 Å². The van der Waals surface area contributed by atoms with Crippen LogP contribution in [0, 0.1) is 0 Å². The molecule has 26 heavy (non-hydrogen) atoms. The standard InChI is InChI=1S/C18H15IN2O4S/c19-11-17(22)21-16-9-6-12-10-14(26(23,24)25)7-8-15(12)18(16)20-13-4-2-1-3-5-13/h1-10,20H,11H2,(H,21,22)(H,23,24,25). The first-order valence-corrected chi connectivity index (χ1v) is 10.6. The summed E-state index contributed by atoms with van der Waals surface area (Å²) in [6.45, 7) is 0. The average molecular weight is 482 g/mol. The summed E-state index contributed by atoms with van der Waals surface area (Å²) >= 11 is 1.98. The molecule has 0 aliphatic heterocycles. The third-order valence-electron chi connectivity index (χ3n) is 3.73. The van der Waals surface area contributed by atoms with E-state index in [0.29, 0.717) is 26.6 Å². The molecule has 0 bridgehead atoms. The molecule has 0 aliphatic rings. The molecule has 0 fully saturated rings. The van der Waals surface area contributed by atoms with Gasteiger partial charge in [0.05, 0.1) is 20.7 Å². The number of rotatable bonds is 5. The quantitative estimate of drug-likeness (QED) is 0.288. The van der Waals surface area contributed by atoms with Gasteiger partial charge in [-0.15, -0.1) is 0 Å². The Morgan fingerprint density at radius 3 is 2.42 bits per heavy atom. The van der Waals surface area contributed by atoms with Gasteiger partial charge in [-0.3, -0.25) is 9.35 Å². The number of anilines is 3. The number of amides is 1. The number of carbonyl (C=O) groups is 1. The van der Waals surface area contributed by atoms with E-state index >= 15 is 0 Å². The molecule has 3 rings (SSSR count). The highest BCUT2D eigenvalue weighted by Crippen LogP contribution is 2.35. The monoisotopic (exact) mass is 482 g/mol. The second kappa shape index (κ2) is 7.60. The van der Waals surface area contributed by atoms with Crippen molar-refractivity contribution in [2.75, 3.05) is 15.1 Å². The summed E-state index contributed by atoms with van der Waals surface area (Å²) in [4.78, 5) is 11.7. The maximum Gasteiger partial charge on any atom is 0.294 e. The Balaban J connectivity index is 2.17. The minimum atomic E-state index is -4.29. The molecule has 3 N–H and O–H groups in total. The maximum atomic E-state index is 11.8. The van der Waals surface area contributed by atoms with E-state index < -0.39 is 10.1 Å². The predicted octanol–water partition coefficient (Wildman–Crippen LogP) is 4.20. The van der Waals surface area contributed by atoms with E-state index in [4.69, 9.17) is 0 Å². The van der Waals surface area contributed by atoms with E-state index in [1.807, 2.05) is 52.9 Å². The van der Waals surface area contributed by atoms with Crippen LogP contribution in [0.5, 0.6) is 0 Å². The summed E-state index contributed by atoms with van der Waals surface area (Å²) in [5.41, 5.74) is 2.06. The Kier molecular flexibility index (Phi) is 5.44. The molecule has 3 aromatic rings. The molecule has 0 unspecified atom stereocenters. The summed E-state index contributed by atoms with van der Waals surface area (Å²) in [7, 11) is -4.29. The fourth-order valence-corrected chi connectivity index (χ4v) is 3.26. The van der Waals surface area contributed by atoms with Crippen LogP contribution in [-0.4, -0.2) is 23.3 Å². The lowest BCUT2D eigenvalue weighted by atomic mass is 10.1. The smallest absolute Gasteiger partial charge is 0.294 e. The highest BCUT2D eigenvalue weighted by atomic mass is 127. The first-order chi connectivity index (χ1) is 12.4. The van der Waals surface area contributed by atoms with Gasteiger partial charge in [0, 0.05) is 11.1 Å². The van der Waals surface area contributed by atoms with Crippen molar-refractivity contribution in [3.63, 3.8) is 0 Å². The summed E-state index contributed by atoms with van der Waals surface area (Å²) in [5.74, 6) is -0.143. The zero-order valence-corrected chi connectivity index (χ0v) is 16.4. The van der Waals surface area contributed by atoms with Crippen molar-refractivity contribution in [2.45, 2.75) is 4.90 Å². The first-order valence-electron chi connectivity index (χ1n) is 7.60. The van der Waals surface area contributed by atoms with Crippen molar-refractivity contribution in [3.8, 4) is 0 Å². The number of para-hydroxylation sites is 1. The molecule has 0 saturated heterocycles. The molecule has 1 amide bonds. The predicted molar refractivity (Wildman–Crippen MR) is 111 cm³/mol. The Labute approximate surface area is 164 Å². The van der Waals surface area contributed by atoms with Crippen molar-refractivity contribution in [2.24, 2.45) is 0 Å². The van der Waals surface area contributed by atoms with Crippen molar-refractivity contribution in [1.82, 2.24) is 0 Å². The third-order valence-corrected chi connectivity index (χ3v) is 5.27. The van der Waals surface area contributed by atoms with Crippen LogP contribution in [0.25, 0.3) is 10.8 Å². The molecule has 6 nitrogen and oxygen atoms in total. The number of nitrogens with one attached hydrogen (secondary N) is 2. The largest absolute Gasteiger partial charge is 0.353 e.